The molecular formula is C86H74O26. The summed E-state index contributed by atoms with van der Waals surface area (Å²) < 4.78 is 103. The first-order chi connectivity index (χ1) is 54.6. The molecule has 15 atom stereocenters. The monoisotopic (exact) mass is 1520 g/mol. The molecule has 0 N–H and O–H groups in total. The highest BCUT2D eigenvalue weighted by Crippen LogP contribution is 2.39. The zero-order valence-corrected chi connectivity index (χ0v) is 59.9. The Hall–Kier alpha value is -12.8. The molecule has 9 aromatic rings. The highest BCUT2D eigenvalue weighted by Gasteiger charge is 2.60. The Labute approximate surface area is 641 Å². The van der Waals surface area contributed by atoms with Crippen LogP contribution in [0.2, 0.25) is 0 Å². The molecule has 3 heterocycles. The second-order valence-corrected chi connectivity index (χ2v) is 25.3. The average Bonchev–Trinajstić information content (AvgIpc) is 0.777. The standard InChI is InChI=1S/C86H74O26/c1-3-49-97-84-72(111-83(96)62-47-29-12-30-48-62)69(108-80(93)59-41-23-9-24-42-59)68(107-79(92)58-39-21-8-22-40-58)65(102-84)52-100-85-73(70(109-81(94)60-43-25-10-26-44-60)66(105-77(90)56-35-17-6-18-36-56)63(103-85)50-98-75(88)54-31-13-4-14-32-54)112-86-74(101-53(2)87)71(110-82(95)61-45-27-11-28-46-61)67(106-78(91)57-37-19-7-20-38-57)64(104-86)51-99-76(89)55-33-15-5-16-34-55/h3-48,63-74,84-86H,1,49-52H2,2H3/t63-,64-,65-,66-,67-,68-,69+,70+,71+,72+,73+,74+,84+,85+,86-/m1/s1. The van der Waals surface area contributed by atoms with Gasteiger partial charge in [-0.2, -0.15) is 0 Å². The molecule has 3 aliphatic rings. The molecule has 0 bridgehead atoms. The van der Waals surface area contributed by atoms with Gasteiger partial charge in [0.2, 0.25) is 0 Å². The summed E-state index contributed by atoms with van der Waals surface area (Å²) in [5.41, 5.74) is -0.146. The third-order valence-electron chi connectivity index (χ3n) is 17.7. The number of rotatable bonds is 29. The van der Waals surface area contributed by atoms with E-state index in [2.05, 4.69) is 6.58 Å². The minimum atomic E-state index is -2.26. The van der Waals surface area contributed by atoms with Crippen LogP contribution in [0.15, 0.2) is 286 Å². The molecule has 26 nitrogen and oxygen atoms in total. The van der Waals surface area contributed by atoms with Crippen LogP contribution in [0.3, 0.4) is 0 Å². The molecule has 0 saturated carbocycles. The molecular weight excluding hydrogens is 1450 g/mol. The third kappa shape index (κ3) is 20.3. The van der Waals surface area contributed by atoms with Gasteiger partial charge in [0.1, 0.15) is 31.5 Å². The van der Waals surface area contributed by atoms with Crippen LogP contribution in [-0.2, 0) is 80.6 Å². The van der Waals surface area contributed by atoms with Gasteiger partial charge in [-0.05, 0) is 109 Å². The Kier molecular flexibility index (Phi) is 27.1. The highest BCUT2D eigenvalue weighted by atomic mass is 16.8. The highest BCUT2D eigenvalue weighted by molar-refractivity contribution is 5.94. The number of carbonyl (C=O) groups excluding carboxylic acids is 10. The van der Waals surface area contributed by atoms with Gasteiger partial charge in [-0.1, -0.05) is 170 Å². The maximum Gasteiger partial charge on any atom is 0.338 e. The molecule has 0 unspecified atom stereocenters. The summed E-state index contributed by atoms with van der Waals surface area (Å²) in [6, 6.07) is 68.5. The van der Waals surface area contributed by atoms with Crippen LogP contribution in [0.1, 0.15) is 100 Å². The number of benzene rings is 9. The quantitative estimate of drug-likeness (QED) is 0.0239. The first kappa shape index (κ1) is 78.8. The lowest BCUT2D eigenvalue weighted by atomic mass is 9.95. The molecule has 0 spiro atoms. The van der Waals surface area contributed by atoms with Gasteiger partial charge in [0, 0.05) is 6.92 Å². The van der Waals surface area contributed by atoms with Gasteiger partial charge in [-0.25, -0.2) is 43.2 Å². The molecule has 3 saturated heterocycles. The predicted molar refractivity (Wildman–Crippen MR) is 391 cm³/mol. The molecule has 0 radical (unpaired) electrons. The van der Waals surface area contributed by atoms with E-state index >= 15 is 4.79 Å². The molecule has 9 aromatic carbocycles. The van der Waals surface area contributed by atoms with Gasteiger partial charge < -0.3 is 75.8 Å². The zero-order valence-electron chi connectivity index (χ0n) is 59.9. The van der Waals surface area contributed by atoms with Crippen LogP contribution in [0.4, 0.5) is 0 Å². The summed E-state index contributed by atoms with van der Waals surface area (Å²) in [7, 11) is 0. The summed E-state index contributed by atoms with van der Waals surface area (Å²) in [6.45, 7) is 1.80. The van der Waals surface area contributed by atoms with Crippen molar-refractivity contribution in [2.24, 2.45) is 0 Å². The van der Waals surface area contributed by atoms with Crippen LogP contribution in [0, 0.1) is 0 Å². The minimum absolute atomic E-state index is 0.00818. The van der Waals surface area contributed by atoms with E-state index in [1.807, 2.05) is 0 Å². The molecule has 12 rings (SSSR count). The van der Waals surface area contributed by atoms with Crippen molar-refractivity contribution in [2.75, 3.05) is 26.4 Å². The molecule has 3 aliphatic heterocycles. The fraction of sp³-hybridized carbons (Fsp3) is 0.233. The average molecular weight is 1520 g/mol. The Morgan fingerprint density at radius 1 is 0.268 bits per heavy atom. The normalized spacial score (nSPS) is 23.1. The molecule has 112 heavy (non-hydrogen) atoms. The number of ether oxygens (including phenoxy) is 16. The second-order valence-electron chi connectivity index (χ2n) is 25.3. The topological polar surface area (TPSA) is 318 Å². The molecule has 3 fully saturated rings. The van der Waals surface area contributed by atoms with Gasteiger partial charge in [-0.15, -0.1) is 6.58 Å². The maximum absolute atomic E-state index is 15.2. The summed E-state index contributed by atoms with van der Waals surface area (Å²) in [6.07, 6.45) is -28.4. The summed E-state index contributed by atoms with van der Waals surface area (Å²) in [5.74, 6) is -10.3. The van der Waals surface area contributed by atoms with Crippen LogP contribution in [0.5, 0.6) is 0 Å². The largest absolute Gasteiger partial charge is 0.459 e. The summed E-state index contributed by atoms with van der Waals surface area (Å²) in [5, 5.41) is 0. The Balaban J connectivity index is 1.03. The van der Waals surface area contributed by atoms with Crippen molar-refractivity contribution in [3.8, 4) is 0 Å². The lowest BCUT2D eigenvalue weighted by molar-refractivity contribution is -0.371. The lowest BCUT2D eigenvalue weighted by Crippen LogP contribution is -2.68. The number of hydrogen-bond donors (Lipinski definition) is 0. The molecule has 0 amide bonds. The Bertz CT molecular complexity index is 4660. The molecule has 0 aromatic heterocycles. The Morgan fingerprint density at radius 3 is 0.768 bits per heavy atom. The number of carbonyl (C=O) groups is 10. The van der Waals surface area contributed by atoms with Crippen molar-refractivity contribution >= 4 is 59.7 Å². The fourth-order valence-corrected chi connectivity index (χ4v) is 12.3. The van der Waals surface area contributed by atoms with Gasteiger partial charge in [-0.3, -0.25) is 4.79 Å². The molecule has 26 heteroatoms. The van der Waals surface area contributed by atoms with Crippen molar-refractivity contribution in [3.63, 3.8) is 0 Å². The van der Waals surface area contributed by atoms with Gasteiger partial charge >= 0.3 is 59.7 Å². The van der Waals surface area contributed by atoms with Crippen LogP contribution >= 0.6 is 0 Å². The fourth-order valence-electron chi connectivity index (χ4n) is 12.3. The van der Waals surface area contributed by atoms with Crippen molar-refractivity contribution < 1.29 is 124 Å². The van der Waals surface area contributed by atoms with Crippen molar-refractivity contribution in [3.05, 3.63) is 336 Å². The minimum Gasteiger partial charge on any atom is -0.459 e. The predicted octanol–water partition coefficient (Wildman–Crippen LogP) is 11.0. The third-order valence-corrected chi connectivity index (χ3v) is 17.7. The summed E-state index contributed by atoms with van der Waals surface area (Å²) in [4.78, 5) is 146. The first-order valence-corrected chi connectivity index (χ1v) is 35.5. The van der Waals surface area contributed by atoms with Crippen LogP contribution in [0.25, 0.3) is 0 Å². The smallest absolute Gasteiger partial charge is 0.338 e. The number of hydrogen-bond acceptors (Lipinski definition) is 26. The van der Waals surface area contributed by atoms with E-state index in [1.165, 1.54) is 152 Å². The van der Waals surface area contributed by atoms with E-state index in [-0.39, 0.29) is 56.7 Å². The van der Waals surface area contributed by atoms with Crippen LogP contribution in [-0.4, -0.2) is 178 Å². The van der Waals surface area contributed by atoms with E-state index < -0.39 is 172 Å². The lowest BCUT2D eigenvalue weighted by Gasteiger charge is -2.49. The molecule has 0 aliphatic carbocycles. The SMILES string of the molecule is C=CCO[C@H]1O[C@H](CO[C@H]2O[C@H](COC(=O)c3ccccc3)[C@@H](OC(=O)c3ccccc3)[C@H](OC(=O)c3ccccc3)[C@@H]2O[C@H]2O[C@H](COC(=O)c3ccccc3)[C@@H](OC(=O)c3ccccc3)[C@H](OC(=O)c3ccccc3)[C@@H]2OC(C)=O)[C@@H](OC(=O)c2ccccc2)[C@H](OC(=O)c2ccccc2)[C@@H]1OC(=O)c1ccccc1. The van der Waals surface area contributed by atoms with Gasteiger partial charge in [0.15, 0.2) is 73.8 Å². The number of esters is 10. The Morgan fingerprint density at radius 2 is 0.491 bits per heavy atom. The van der Waals surface area contributed by atoms with Crippen molar-refractivity contribution in [1.29, 1.82) is 0 Å². The molecule has 574 valence electrons. The first-order valence-electron chi connectivity index (χ1n) is 35.5. The zero-order chi connectivity index (χ0) is 78.3. The van der Waals surface area contributed by atoms with E-state index in [4.69, 9.17) is 75.8 Å². The van der Waals surface area contributed by atoms with Crippen molar-refractivity contribution in [1.82, 2.24) is 0 Å². The van der Waals surface area contributed by atoms with Gasteiger partial charge in [0.25, 0.3) is 0 Å². The van der Waals surface area contributed by atoms with E-state index in [0.29, 0.717) is 0 Å². The van der Waals surface area contributed by atoms with Crippen LogP contribution < -0.4 is 0 Å². The van der Waals surface area contributed by atoms with E-state index in [0.717, 1.165) is 6.92 Å². The van der Waals surface area contributed by atoms with E-state index in [9.17, 15) is 43.2 Å². The summed E-state index contributed by atoms with van der Waals surface area (Å²) >= 11 is 0. The van der Waals surface area contributed by atoms with Crippen molar-refractivity contribution in [2.45, 2.75) is 99.0 Å². The van der Waals surface area contributed by atoms with E-state index in [1.54, 1.807) is 127 Å². The van der Waals surface area contributed by atoms with Gasteiger partial charge in [0.05, 0.1) is 63.3 Å². The second kappa shape index (κ2) is 38.5. The maximum atomic E-state index is 15.2.